The molecular formula is C16H19N3O3. The number of carbonyl (C=O) groups excluding carboxylic acids is 1. The number of hydrogen-bond donors (Lipinski definition) is 4. The Kier molecular flexibility index (Phi) is 5.35. The van der Waals surface area contributed by atoms with Crippen molar-refractivity contribution in [2.24, 2.45) is 0 Å². The number of amides is 1. The number of epoxide rings is 1. The Balaban J connectivity index is 0.000000299. The summed E-state index contributed by atoms with van der Waals surface area (Å²) in [5.74, 6) is -0.206. The largest absolute Gasteiger partial charge is 0.397 e. The van der Waals surface area contributed by atoms with E-state index in [9.17, 15) is 4.79 Å². The summed E-state index contributed by atoms with van der Waals surface area (Å²) in [6, 6.07) is 14.1. The van der Waals surface area contributed by atoms with Crippen molar-refractivity contribution in [1.82, 2.24) is 0 Å². The summed E-state index contributed by atoms with van der Waals surface area (Å²) in [6.07, 6.45) is 0.190. The van der Waals surface area contributed by atoms with Gasteiger partial charge in [0.1, 0.15) is 6.10 Å². The Hall–Kier alpha value is -2.57. The normalized spacial score (nSPS) is 15.4. The van der Waals surface area contributed by atoms with E-state index >= 15 is 0 Å². The molecule has 6 nitrogen and oxygen atoms in total. The maximum atomic E-state index is 11.9. The number of nitrogens with two attached hydrogens (primary N) is 2. The van der Waals surface area contributed by atoms with Gasteiger partial charge in [-0.15, -0.1) is 0 Å². The molecule has 1 unspecified atom stereocenters. The summed E-state index contributed by atoms with van der Waals surface area (Å²) in [7, 11) is 0. The van der Waals surface area contributed by atoms with E-state index in [1.54, 1.807) is 18.2 Å². The molecule has 6 N–H and O–H groups in total. The number of benzene rings is 2. The first-order valence-corrected chi connectivity index (χ1v) is 6.84. The van der Waals surface area contributed by atoms with Gasteiger partial charge in [-0.25, -0.2) is 0 Å². The molecule has 2 aromatic carbocycles. The number of hydrogen-bond acceptors (Lipinski definition) is 5. The van der Waals surface area contributed by atoms with Gasteiger partial charge in [-0.1, -0.05) is 18.2 Å². The van der Waals surface area contributed by atoms with Crippen molar-refractivity contribution in [1.29, 1.82) is 0 Å². The minimum Gasteiger partial charge on any atom is -0.397 e. The summed E-state index contributed by atoms with van der Waals surface area (Å²) in [5.41, 5.74) is 13.3. The summed E-state index contributed by atoms with van der Waals surface area (Å²) in [6.45, 7) is 0.955. The van der Waals surface area contributed by atoms with Crippen LogP contribution in [0, 0.1) is 0 Å². The van der Waals surface area contributed by atoms with E-state index in [-0.39, 0.29) is 18.6 Å². The van der Waals surface area contributed by atoms with E-state index in [1.165, 1.54) is 0 Å². The molecule has 0 aliphatic carbocycles. The van der Waals surface area contributed by atoms with Crippen molar-refractivity contribution >= 4 is 23.0 Å². The van der Waals surface area contributed by atoms with Gasteiger partial charge in [0.2, 0.25) is 0 Å². The number of aliphatic hydroxyl groups is 1. The number of aliphatic hydroxyl groups excluding tert-OH is 1. The van der Waals surface area contributed by atoms with E-state index in [0.717, 1.165) is 12.3 Å². The molecule has 0 aromatic heterocycles. The second kappa shape index (κ2) is 7.44. The molecule has 1 amide bonds. The Bertz CT molecular complexity index is 628. The Morgan fingerprint density at radius 2 is 1.86 bits per heavy atom. The van der Waals surface area contributed by atoms with Gasteiger partial charge < -0.3 is 26.6 Å². The average molecular weight is 301 g/mol. The number of carbonyl (C=O) groups is 1. The van der Waals surface area contributed by atoms with Crippen LogP contribution in [0.5, 0.6) is 0 Å². The van der Waals surface area contributed by atoms with Crippen LogP contribution in [0.15, 0.2) is 48.5 Å². The first kappa shape index (κ1) is 15.8. The third-order valence-corrected chi connectivity index (χ3v) is 2.99. The summed E-state index contributed by atoms with van der Waals surface area (Å²) >= 11 is 0. The maximum Gasteiger partial charge on any atom is 0.255 e. The lowest BCUT2D eigenvalue weighted by atomic mass is 10.1. The van der Waals surface area contributed by atoms with Crippen molar-refractivity contribution in [3.63, 3.8) is 0 Å². The number of anilines is 3. The highest BCUT2D eigenvalue weighted by molar-refractivity contribution is 6.05. The van der Waals surface area contributed by atoms with Crippen molar-refractivity contribution in [3.8, 4) is 0 Å². The van der Waals surface area contributed by atoms with Gasteiger partial charge in [0, 0.05) is 11.3 Å². The number of nitrogens with one attached hydrogen (secondary N) is 1. The van der Waals surface area contributed by atoms with E-state index in [4.69, 9.17) is 16.6 Å². The highest BCUT2D eigenvalue weighted by Crippen LogP contribution is 2.17. The van der Waals surface area contributed by atoms with Crippen LogP contribution in [0.3, 0.4) is 0 Å². The van der Waals surface area contributed by atoms with Crippen LogP contribution in [-0.2, 0) is 4.74 Å². The Morgan fingerprint density at radius 1 is 1.18 bits per heavy atom. The van der Waals surface area contributed by atoms with Gasteiger partial charge >= 0.3 is 0 Å². The van der Waals surface area contributed by atoms with Gasteiger partial charge in [-0.2, -0.15) is 0 Å². The van der Waals surface area contributed by atoms with Crippen LogP contribution < -0.4 is 16.8 Å². The minimum atomic E-state index is -0.206. The molecule has 22 heavy (non-hydrogen) atoms. The molecule has 0 saturated carbocycles. The quantitative estimate of drug-likeness (QED) is 0.506. The van der Waals surface area contributed by atoms with E-state index < -0.39 is 0 Å². The second-order valence-electron chi connectivity index (χ2n) is 4.80. The van der Waals surface area contributed by atoms with Gasteiger partial charge in [-0.05, 0) is 30.3 Å². The van der Waals surface area contributed by atoms with Crippen LogP contribution in [0.25, 0.3) is 0 Å². The predicted octanol–water partition coefficient (Wildman–Crippen LogP) is 1.48. The monoisotopic (exact) mass is 301 g/mol. The zero-order chi connectivity index (χ0) is 15.9. The molecule has 0 spiro atoms. The van der Waals surface area contributed by atoms with Gasteiger partial charge in [0.25, 0.3) is 5.91 Å². The third kappa shape index (κ3) is 4.76. The fourth-order valence-corrected chi connectivity index (χ4v) is 1.61. The van der Waals surface area contributed by atoms with E-state index in [1.807, 2.05) is 30.3 Å². The summed E-state index contributed by atoms with van der Waals surface area (Å²) in [5, 5.41) is 10.9. The van der Waals surface area contributed by atoms with Crippen molar-refractivity contribution in [3.05, 3.63) is 54.1 Å². The smallest absolute Gasteiger partial charge is 0.255 e. The molecule has 2 aromatic rings. The molecule has 3 rings (SSSR count). The second-order valence-corrected chi connectivity index (χ2v) is 4.80. The number of para-hydroxylation sites is 1. The molecule has 1 heterocycles. The fraction of sp³-hybridized carbons (Fsp3) is 0.188. The first-order valence-electron chi connectivity index (χ1n) is 6.84. The molecule has 0 radical (unpaired) electrons. The summed E-state index contributed by atoms with van der Waals surface area (Å²) < 4.78 is 4.61. The average Bonchev–Trinajstić information content (AvgIpc) is 3.36. The molecule has 1 fully saturated rings. The zero-order valence-corrected chi connectivity index (χ0v) is 12.0. The Morgan fingerprint density at radius 3 is 2.36 bits per heavy atom. The minimum absolute atomic E-state index is 0.190. The lowest BCUT2D eigenvalue weighted by molar-refractivity contribution is 0.102. The molecule has 1 atom stereocenters. The van der Waals surface area contributed by atoms with Crippen LogP contribution in [-0.4, -0.2) is 30.3 Å². The van der Waals surface area contributed by atoms with E-state index in [0.29, 0.717) is 16.9 Å². The highest BCUT2D eigenvalue weighted by atomic mass is 16.6. The highest BCUT2D eigenvalue weighted by Gasteiger charge is 2.19. The lowest BCUT2D eigenvalue weighted by Gasteiger charge is -2.06. The maximum absolute atomic E-state index is 11.9. The molecule has 6 heteroatoms. The standard InChI is InChI=1S/C13H13N3O.C3H6O2/c14-11-7-6-9(8-12(11)15)13(17)16-10-4-2-1-3-5-10;4-1-3-2-5-3/h1-8H,14-15H2,(H,16,17);3-4H,1-2H2. The fourth-order valence-electron chi connectivity index (χ4n) is 1.61. The van der Waals surface area contributed by atoms with Gasteiger partial charge in [0.15, 0.2) is 0 Å². The predicted molar refractivity (Wildman–Crippen MR) is 86.5 cm³/mol. The number of nitrogen functional groups attached to an aromatic ring is 2. The van der Waals surface area contributed by atoms with Crippen LogP contribution in [0.4, 0.5) is 17.1 Å². The van der Waals surface area contributed by atoms with Crippen LogP contribution in [0.1, 0.15) is 10.4 Å². The zero-order valence-electron chi connectivity index (χ0n) is 12.0. The number of ether oxygens (including phenoxy) is 1. The van der Waals surface area contributed by atoms with Crippen LogP contribution >= 0.6 is 0 Å². The Labute approximate surface area is 128 Å². The molecule has 116 valence electrons. The molecule has 0 bridgehead atoms. The summed E-state index contributed by atoms with van der Waals surface area (Å²) in [4.78, 5) is 11.9. The third-order valence-electron chi connectivity index (χ3n) is 2.99. The number of rotatable bonds is 3. The van der Waals surface area contributed by atoms with Gasteiger partial charge in [0.05, 0.1) is 24.6 Å². The molecule has 1 aliphatic heterocycles. The molecule has 1 saturated heterocycles. The van der Waals surface area contributed by atoms with Crippen LogP contribution in [0.2, 0.25) is 0 Å². The first-order chi connectivity index (χ1) is 10.6. The van der Waals surface area contributed by atoms with Crippen molar-refractivity contribution in [2.75, 3.05) is 30.0 Å². The topological polar surface area (TPSA) is 114 Å². The molecular weight excluding hydrogens is 282 g/mol. The molecule has 1 aliphatic rings. The SMILES string of the molecule is Nc1ccc(C(=O)Nc2ccccc2)cc1N.OCC1CO1. The lowest BCUT2D eigenvalue weighted by Crippen LogP contribution is -2.12. The van der Waals surface area contributed by atoms with Gasteiger partial charge in [-0.3, -0.25) is 4.79 Å². The van der Waals surface area contributed by atoms with E-state index in [2.05, 4.69) is 10.1 Å². The van der Waals surface area contributed by atoms with Crippen molar-refractivity contribution in [2.45, 2.75) is 6.10 Å². The van der Waals surface area contributed by atoms with Crippen molar-refractivity contribution < 1.29 is 14.6 Å².